The third kappa shape index (κ3) is 2.01. The molecule has 19 heavy (non-hydrogen) atoms. The number of nitrogens with one attached hydrogen (secondary N) is 1. The molecule has 1 N–H and O–H groups in total. The monoisotopic (exact) mass is 275 g/mol. The Bertz CT molecular complexity index is 468. The van der Waals surface area contributed by atoms with Gasteiger partial charge in [0.1, 0.15) is 0 Å². The summed E-state index contributed by atoms with van der Waals surface area (Å²) in [5.41, 5.74) is 2.78. The van der Waals surface area contributed by atoms with E-state index in [0.717, 1.165) is 11.7 Å². The molecule has 0 saturated carbocycles. The van der Waals surface area contributed by atoms with Gasteiger partial charge in [0.2, 0.25) is 0 Å². The molecule has 2 saturated heterocycles. The normalized spacial score (nSPS) is 36.6. The zero-order valence-electron chi connectivity index (χ0n) is 11.4. The van der Waals surface area contributed by atoms with Crippen LogP contribution in [0.1, 0.15) is 12.8 Å². The van der Waals surface area contributed by atoms with E-state index in [1.807, 2.05) is 18.8 Å². The summed E-state index contributed by atoms with van der Waals surface area (Å²) in [6.07, 6.45) is 9.74. The van der Waals surface area contributed by atoms with Gasteiger partial charge >= 0.3 is 0 Å². The lowest BCUT2D eigenvalue weighted by Gasteiger charge is -2.37. The molecule has 4 heterocycles. The van der Waals surface area contributed by atoms with Crippen molar-refractivity contribution in [2.45, 2.75) is 18.9 Å². The van der Waals surface area contributed by atoms with Crippen molar-refractivity contribution in [3.8, 4) is 0 Å². The molecule has 4 aliphatic rings. The Labute approximate surface area is 119 Å². The molecule has 1 unspecified atom stereocenters. The summed E-state index contributed by atoms with van der Waals surface area (Å²) in [5.74, 6) is 2.03. The molecule has 2 fully saturated rings. The average molecular weight is 275 g/mol. The van der Waals surface area contributed by atoms with Gasteiger partial charge in [0, 0.05) is 60.5 Å². The van der Waals surface area contributed by atoms with Gasteiger partial charge in [0.25, 0.3) is 0 Å². The van der Waals surface area contributed by atoms with Crippen LogP contribution in [-0.4, -0.2) is 48.3 Å². The van der Waals surface area contributed by atoms with Gasteiger partial charge in [-0.25, -0.2) is 0 Å². The van der Waals surface area contributed by atoms with Gasteiger partial charge < -0.3 is 15.1 Å². The minimum atomic E-state index is 0.686. The molecular formula is C15H21N3S. The predicted molar refractivity (Wildman–Crippen MR) is 80.6 cm³/mol. The first kappa shape index (κ1) is 11.9. The Hall–Kier alpha value is -0.870. The molecule has 0 amide bonds. The number of fused-ring (bicyclic) bond motifs is 3. The Morgan fingerprint density at radius 3 is 3.16 bits per heavy atom. The lowest BCUT2D eigenvalue weighted by molar-refractivity contribution is 0.173. The minimum Gasteiger partial charge on any atom is -0.390 e. The van der Waals surface area contributed by atoms with E-state index in [1.54, 1.807) is 0 Å². The molecule has 4 aliphatic heterocycles. The molecule has 4 heteroatoms. The Balaban J connectivity index is 1.54. The summed E-state index contributed by atoms with van der Waals surface area (Å²) in [4.78, 5) is 6.55. The van der Waals surface area contributed by atoms with Gasteiger partial charge in [-0.3, -0.25) is 0 Å². The van der Waals surface area contributed by atoms with E-state index in [0.29, 0.717) is 6.04 Å². The van der Waals surface area contributed by atoms with Gasteiger partial charge in [-0.2, -0.15) is 0 Å². The van der Waals surface area contributed by atoms with Crippen LogP contribution in [-0.2, 0) is 0 Å². The van der Waals surface area contributed by atoms with Crippen LogP contribution in [0, 0.1) is 5.92 Å². The maximum absolute atomic E-state index is 3.32. The van der Waals surface area contributed by atoms with Crippen molar-refractivity contribution in [1.82, 2.24) is 15.1 Å². The van der Waals surface area contributed by atoms with Crippen molar-refractivity contribution < 1.29 is 0 Å². The van der Waals surface area contributed by atoms with Crippen molar-refractivity contribution in [2.24, 2.45) is 5.92 Å². The summed E-state index contributed by atoms with van der Waals surface area (Å²) in [7, 11) is 2.03. The van der Waals surface area contributed by atoms with Gasteiger partial charge in [-0.1, -0.05) is 0 Å². The van der Waals surface area contributed by atoms with Crippen LogP contribution in [0.2, 0.25) is 0 Å². The zero-order valence-corrected chi connectivity index (χ0v) is 12.2. The summed E-state index contributed by atoms with van der Waals surface area (Å²) in [6.45, 7) is 3.90. The van der Waals surface area contributed by atoms with Gasteiger partial charge in [-0.15, -0.1) is 11.8 Å². The van der Waals surface area contributed by atoms with E-state index in [2.05, 4.69) is 33.6 Å². The molecule has 102 valence electrons. The highest BCUT2D eigenvalue weighted by Gasteiger charge is 2.35. The first-order chi connectivity index (χ1) is 9.33. The van der Waals surface area contributed by atoms with Crippen LogP contribution in [0.4, 0.5) is 0 Å². The SMILES string of the molecule is CNC1=C2C=CN([C@@H]3C[C@H]4CCN(C4)C3)C=C2SC1. The van der Waals surface area contributed by atoms with Crippen LogP contribution in [0.5, 0.6) is 0 Å². The quantitative estimate of drug-likeness (QED) is 0.830. The van der Waals surface area contributed by atoms with E-state index >= 15 is 0 Å². The Morgan fingerprint density at radius 2 is 2.32 bits per heavy atom. The van der Waals surface area contributed by atoms with Crippen LogP contribution >= 0.6 is 11.8 Å². The Morgan fingerprint density at radius 1 is 1.37 bits per heavy atom. The largest absolute Gasteiger partial charge is 0.390 e. The molecule has 0 aliphatic carbocycles. The maximum atomic E-state index is 3.32. The molecule has 0 spiro atoms. The fraction of sp³-hybridized carbons (Fsp3) is 0.600. The van der Waals surface area contributed by atoms with Gasteiger partial charge in [0.05, 0.1) is 0 Å². The second-order valence-electron chi connectivity index (χ2n) is 5.99. The maximum Gasteiger partial charge on any atom is 0.0461 e. The summed E-state index contributed by atoms with van der Waals surface area (Å²) >= 11 is 1.96. The topological polar surface area (TPSA) is 18.5 Å². The smallest absolute Gasteiger partial charge is 0.0461 e. The summed E-state index contributed by atoms with van der Waals surface area (Å²) < 4.78 is 0. The lowest BCUT2D eigenvalue weighted by Crippen LogP contribution is -2.43. The van der Waals surface area contributed by atoms with Crippen molar-refractivity contribution in [3.05, 3.63) is 34.7 Å². The van der Waals surface area contributed by atoms with E-state index in [-0.39, 0.29) is 0 Å². The number of hydrogen-bond donors (Lipinski definition) is 1. The van der Waals surface area contributed by atoms with Crippen molar-refractivity contribution in [3.63, 3.8) is 0 Å². The molecule has 0 aromatic heterocycles. The van der Waals surface area contributed by atoms with Crippen LogP contribution < -0.4 is 5.32 Å². The van der Waals surface area contributed by atoms with E-state index in [9.17, 15) is 0 Å². The predicted octanol–water partition coefficient (Wildman–Crippen LogP) is 1.97. The molecule has 0 aromatic rings. The molecule has 3 atom stereocenters. The first-order valence-corrected chi connectivity index (χ1v) is 8.26. The molecule has 3 nitrogen and oxygen atoms in total. The fourth-order valence-electron chi connectivity index (χ4n) is 3.76. The van der Waals surface area contributed by atoms with Crippen LogP contribution in [0.25, 0.3) is 0 Å². The fourth-order valence-corrected chi connectivity index (χ4v) is 4.90. The van der Waals surface area contributed by atoms with Crippen LogP contribution in [0.15, 0.2) is 34.7 Å². The summed E-state index contributed by atoms with van der Waals surface area (Å²) in [6, 6.07) is 0.686. The van der Waals surface area contributed by atoms with Crippen LogP contribution in [0.3, 0.4) is 0 Å². The number of allylic oxidation sites excluding steroid dienone is 2. The minimum absolute atomic E-state index is 0.686. The third-order valence-electron chi connectivity index (χ3n) is 4.81. The number of hydrogen-bond acceptors (Lipinski definition) is 4. The molecule has 4 rings (SSSR count). The van der Waals surface area contributed by atoms with Crippen molar-refractivity contribution >= 4 is 11.8 Å². The van der Waals surface area contributed by atoms with E-state index in [1.165, 1.54) is 48.7 Å². The second-order valence-corrected chi connectivity index (χ2v) is 7.01. The lowest BCUT2D eigenvalue weighted by atomic mass is 9.95. The average Bonchev–Trinajstić information content (AvgIpc) is 3.01. The standard InChI is InChI=1S/C15H21N3S/c1-16-14-10-19-15-9-18(5-3-13(14)15)12-6-11-2-4-17(7-11)8-12/h3,5,9,11-12,16H,2,4,6-8,10H2,1H3/t11-,12-/m1/s1. The van der Waals surface area contributed by atoms with Gasteiger partial charge in [0.15, 0.2) is 0 Å². The number of nitrogens with zero attached hydrogens (tertiary/aromatic N) is 2. The van der Waals surface area contributed by atoms with E-state index in [4.69, 9.17) is 0 Å². The van der Waals surface area contributed by atoms with E-state index < -0.39 is 0 Å². The van der Waals surface area contributed by atoms with Crippen molar-refractivity contribution in [1.29, 1.82) is 0 Å². The number of rotatable bonds is 2. The molecule has 0 aromatic carbocycles. The zero-order chi connectivity index (χ0) is 12.8. The highest BCUT2D eigenvalue weighted by molar-refractivity contribution is 8.03. The Kier molecular flexibility index (Phi) is 2.88. The highest BCUT2D eigenvalue weighted by atomic mass is 32.2. The number of thioether (sulfide) groups is 1. The molecular weight excluding hydrogens is 254 g/mol. The second kappa shape index (κ2) is 4.60. The third-order valence-corrected chi connectivity index (χ3v) is 5.88. The molecule has 2 bridgehead atoms. The van der Waals surface area contributed by atoms with Crippen molar-refractivity contribution in [2.75, 3.05) is 32.4 Å². The number of piperidine rings is 1. The summed E-state index contributed by atoms with van der Waals surface area (Å²) in [5, 5.41) is 3.32. The highest BCUT2D eigenvalue weighted by Crippen LogP contribution is 2.39. The molecule has 0 radical (unpaired) electrons. The first-order valence-electron chi connectivity index (χ1n) is 7.27. The van der Waals surface area contributed by atoms with Gasteiger partial charge in [-0.05, 0) is 31.4 Å².